The number of rotatable bonds is 5. The van der Waals surface area contributed by atoms with Gasteiger partial charge in [-0.15, -0.1) is 12.4 Å². The van der Waals surface area contributed by atoms with Crippen LogP contribution in [0.25, 0.3) is 0 Å². The predicted molar refractivity (Wildman–Crippen MR) is 101 cm³/mol. The average molecular weight is 347 g/mol. The number of hydrogen-bond donors (Lipinski definition) is 2. The molecule has 1 aromatic carbocycles. The van der Waals surface area contributed by atoms with Gasteiger partial charge in [0, 0.05) is 24.0 Å². The zero-order valence-electron chi connectivity index (χ0n) is 14.5. The molecule has 1 aliphatic carbocycles. The monoisotopic (exact) mass is 346 g/mol. The normalized spacial score (nSPS) is 19.7. The van der Waals surface area contributed by atoms with Crippen LogP contribution in [-0.2, 0) is 6.42 Å². The molecule has 0 saturated heterocycles. The SMILES string of the molecule is CC(C)n1cc(Nc2ccc3c(c2)C(CC2CC2)NCC3)cn1.Cl. The van der Waals surface area contributed by atoms with Crippen molar-refractivity contribution in [1.82, 2.24) is 15.1 Å². The largest absolute Gasteiger partial charge is 0.353 e. The van der Waals surface area contributed by atoms with Crippen molar-refractivity contribution in [3.63, 3.8) is 0 Å². The van der Waals surface area contributed by atoms with E-state index in [1.807, 2.05) is 10.9 Å². The van der Waals surface area contributed by atoms with E-state index >= 15 is 0 Å². The smallest absolute Gasteiger partial charge is 0.0770 e. The number of hydrogen-bond acceptors (Lipinski definition) is 3. The molecule has 2 aliphatic rings. The first kappa shape index (κ1) is 17.3. The Labute approximate surface area is 150 Å². The minimum atomic E-state index is 0. The molecule has 0 bridgehead atoms. The van der Waals surface area contributed by atoms with Gasteiger partial charge in [-0.1, -0.05) is 18.9 Å². The summed E-state index contributed by atoms with van der Waals surface area (Å²) < 4.78 is 1.98. The van der Waals surface area contributed by atoms with Gasteiger partial charge in [0.2, 0.25) is 0 Å². The van der Waals surface area contributed by atoms with Gasteiger partial charge in [-0.05, 0) is 62.4 Å². The zero-order valence-corrected chi connectivity index (χ0v) is 15.3. The Morgan fingerprint density at radius 2 is 2.12 bits per heavy atom. The predicted octanol–water partition coefficient (Wildman–Crippen LogP) is 4.62. The Morgan fingerprint density at radius 3 is 2.83 bits per heavy atom. The van der Waals surface area contributed by atoms with Crippen molar-refractivity contribution >= 4 is 23.8 Å². The molecule has 5 heteroatoms. The van der Waals surface area contributed by atoms with Gasteiger partial charge in [-0.25, -0.2) is 0 Å². The van der Waals surface area contributed by atoms with Crippen molar-refractivity contribution in [1.29, 1.82) is 0 Å². The van der Waals surface area contributed by atoms with E-state index in [0.29, 0.717) is 12.1 Å². The highest BCUT2D eigenvalue weighted by Gasteiger charge is 2.28. The third-order valence-corrected chi connectivity index (χ3v) is 4.99. The lowest BCUT2D eigenvalue weighted by Crippen LogP contribution is -2.30. The van der Waals surface area contributed by atoms with Gasteiger partial charge in [0.25, 0.3) is 0 Å². The van der Waals surface area contributed by atoms with Crippen molar-refractivity contribution < 1.29 is 0 Å². The molecule has 1 unspecified atom stereocenters. The molecule has 0 amide bonds. The number of halogens is 1. The average Bonchev–Trinajstić information content (AvgIpc) is 3.23. The Morgan fingerprint density at radius 1 is 1.29 bits per heavy atom. The van der Waals surface area contributed by atoms with E-state index in [-0.39, 0.29) is 12.4 Å². The Hall–Kier alpha value is -1.52. The van der Waals surface area contributed by atoms with E-state index in [1.54, 1.807) is 0 Å². The molecule has 0 spiro atoms. The fourth-order valence-electron chi connectivity index (χ4n) is 3.46. The van der Waals surface area contributed by atoms with Crippen LogP contribution in [0.15, 0.2) is 30.6 Å². The molecule has 1 saturated carbocycles. The standard InChI is InChI=1S/C19H26N4.ClH/c1-13(2)23-12-17(11-21-23)22-16-6-5-15-7-8-20-19(18(15)10-16)9-14-3-4-14;/h5-6,10-14,19-20,22H,3-4,7-9H2,1-2H3;1H. The summed E-state index contributed by atoms with van der Waals surface area (Å²) in [5.41, 5.74) is 5.22. The fourth-order valence-corrected chi connectivity index (χ4v) is 3.46. The van der Waals surface area contributed by atoms with Crippen molar-refractivity contribution in [2.75, 3.05) is 11.9 Å². The van der Waals surface area contributed by atoms with E-state index in [4.69, 9.17) is 0 Å². The quantitative estimate of drug-likeness (QED) is 0.830. The molecule has 1 fully saturated rings. The second kappa shape index (κ2) is 7.16. The van der Waals surface area contributed by atoms with Crippen LogP contribution < -0.4 is 10.6 Å². The van der Waals surface area contributed by atoms with Crippen LogP contribution in [-0.4, -0.2) is 16.3 Å². The van der Waals surface area contributed by atoms with E-state index in [9.17, 15) is 0 Å². The zero-order chi connectivity index (χ0) is 15.8. The van der Waals surface area contributed by atoms with Gasteiger partial charge in [0.1, 0.15) is 0 Å². The van der Waals surface area contributed by atoms with Crippen molar-refractivity contribution in [2.45, 2.75) is 51.6 Å². The molecule has 130 valence electrons. The Balaban J connectivity index is 0.00000169. The molecule has 2 N–H and O–H groups in total. The highest BCUT2D eigenvalue weighted by Crippen LogP contribution is 2.40. The van der Waals surface area contributed by atoms with Gasteiger partial charge in [0.05, 0.1) is 11.9 Å². The lowest BCUT2D eigenvalue weighted by atomic mass is 9.91. The highest BCUT2D eigenvalue weighted by atomic mass is 35.5. The molecule has 24 heavy (non-hydrogen) atoms. The Bertz CT molecular complexity index is 690. The summed E-state index contributed by atoms with van der Waals surface area (Å²) in [7, 11) is 0. The van der Waals surface area contributed by atoms with E-state index in [0.717, 1.165) is 30.3 Å². The molecule has 1 atom stereocenters. The highest BCUT2D eigenvalue weighted by molar-refractivity contribution is 5.85. The molecular formula is C19H27ClN4. The van der Waals surface area contributed by atoms with Crippen LogP contribution in [0.4, 0.5) is 11.4 Å². The third kappa shape index (κ3) is 3.76. The van der Waals surface area contributed by atoms with Crippen LogP contribution >= 0.6 is 12.4 Å². The minimum Gasteiger partial charge on any atom is -0.353 e. The van der Waals surface area contributed by atoms with Gasteiger partial charge in [0.15, 0.2) is 0 Å². The van der Waals surface area contributed by atoms with E-state index in [1.165, 1.54) is 30.4 Å². The molecule has 4 nitrogen and oxygen atoms in total. The molecule has 4 rings (SSSR count). The summed E-state index contributed by atoms with van der Waals surface area (Å²) in [5.74, 6) is 0.944. The molecule has 2 heterocycles. The second-order valence-corrected chi connectivity index (χ2v) is 7.28. The summed E-state index contributed by atoms with van der Waals surface area (Å²) in [5, 5.41) is 11.6. The third-order valence-electron chi connectivity index (χ3n) is 4.99. The van der Waals surface area contributed by atoms with Crippen molar-refractivity contribution in [2.24, 2.45) is 5.92 Å². The maximum absolute atomic E-state index is 4.40. The lowest BCUT2D eigenvalue weighted by Gasteiger charge is -2.27. The summed E-state index contributed by atoms with van der Waals surface area (Å²) in [6.45, 7) is 5.39. The number of nitrogens with one attached hydrogen (secondary N) is 2. The number of benzene rings is 1. The van der Waals surface area contributed by atoms with Crippen LogP contribution in [0, 0.1) is 5.92 Å². The number of aromatic nitrogens is 2. The molecule has 2 aromatic rings. The van der Waals surface area contributed by atoms with Gasteiger partial charge in [-0.3, -0.25) is 4.68 Å². The first-order valence-electron chi connectivity index (χ1n) is 8.86. The van der Waals surface area contributed by atoms with Gasteiger partial charge >= 0.3 is 0 Å². The fraction of sp³-hybridized carbons (Fsp3) is 0.526. The second-order valence-electron chi connectivity index (χ2n) is 7.28. The molecule has 1 aliphatic heterocycles. The topological polar surface area (TPSA) is 41.9 Å². The van der Waals surface area contributed by atoms with E-state index < -0.39 is 0 Å². The molecular weight excluding hydrogens is 320 g/mol. The van der Waals surface area contributed by atoms with Crippen molar-refractivity contribution in [3.05, 3.63) is 41.7 Å². The first-order chi connectivity index (χ1) is 11.2. The van der Waals surface area contributed by atoms with E-state index in [2.05, 4.69) is 54.0 Å². The van der Waals surface area contributed by atoms with Crippen LogP contribution in [0.5, 0.6) is 0 Å². The molecule has 0 radical (unpaired) electrons. The van der Waals surface area contributed by atoms with Gasteiger partial charge < -0.3 is 10.6 Å². The summed E-state index contributed by atoms with van der Waals surface area (Å²) in [4.78, 5) is 0. The number of fused-ring (bicyclic) bond motifs is 1. The van der Waals surface area contributed by atoms with Crippen LogP contribution in [0.2, 0.25) is 0 Å². The maximum atomic E-state index is 4.40. The summed E-state index contributed by atoms with van der Waals surface area (Å²) in [6, 6.07) is 7.75. The van der Waals surface area contributed by atoms with Crippen LogP contribution in [0.1, 0.15) is 56.3 Å². The first-order valence-corrected chi connectivity index (χ1v) is 8.86. The lowest BCUT2D eigenvalue weighted by molar-refractivity contribution is 0.453. The maximum Gasteiger partial charge on any atom is 0.0770 e. The molecule has 1 aromatic heterocycles. The van der Waals surface area contributed by atoms with Crippen LogP contribution in [0.3, 0.4) is 0 Å². The number of anilines is 2. The minimum absolute atomic E-state index is 0. The number of nitrogens with zero attached hydrogens (tertiary/aromatic N) is 2. The summed E-state index contributed by atoms with van der Waals surface area (Å²) in [6.07, 6.45) is 9.24. The van der Waals surface area contributed by atoms with Crippen molar-refractivity contribution in [3.8, 4) is 0 Å². The summed E-state index contributed by atoms with van der Waals surface area (Å²) >= 11 is 0. The Kier molecular flexibility index (Phi) is 5.16. The van der Waals surface area contributed by atoms with Gasteiger partial charge in [-0.2, -0.15) is 5.10 Å².